The summed E-state index contributed by atoms with van der Waals surface area (Å²) in [4.78, 5) is 55.5. The van der Waals surface area contributed by atoms with Gasteiger partial charge in [-0.1, -0.05) is 44.2 Å². The van der Waals surface area contributed by atoms with Crippen molar-refractivity contribution in [2.75, 3.05) is 13.7 Å². The Hall–Kier alpha value is -4.15. The minimum absolute atomic E-state index is 0.0112. The number of cyclic esters (lactones) is 2. The summed E-state index contributed by atoms with van der Waals surface area (Å²) >= 11 is 0. The fraction of sp³-hybridized carbons (Fsp3) is 0.444. The number of carbonyl (C=O) groups excluding carboxylic acids is 4. The number of amides is 1. The molecule has 4 atom stereocenters. The van der Waals surface area contributed by atoms with Gasteiger partial charge >= 0.3 is 17.9 Å². The highest BCUT2D eigenvalue weighted by Crippen LogP contribution is 2.28. The van der Waals surface area contributed by atoms with Gasteiger partial charge in [0.25, 0.3) is 5.91 Å². The first-order chi connectivity index (χ1) is 18.1. The minimum Gasteiger partial charge on any atom is -0.503 e. The fourth-order valence-corrected chi connectivity index (χ4v) is 4.01. The first-order valence-corrected chi connectivity index (χ1v) is 12.2. The molecule has 11 heteroatoms. The molecule has 1 aliphatic rings. The summed E-state index contributed by atoms with van der Waals surface area (Å²) in [6.45, 7) is 4.67. The maximum atomic E-state index is 13.3. The number of aromatic hydroxyl groups is 1. The average Bonchev–Trinajstić information content (AvgIpc) is 2.91. The molecule has 0 bridgehead atoms. The van der Waals surface area contributed by atoms with Gasteiger partial charge in [0.15, 0.2) is 29.3 Å². The van der Waals surface area contributed by atoms with E-state index in [2.05, 4.69) is 10.3 Å². The van der Waals surface area contributed by atoms with E-state index in [1.54, 1.807) is 0 Å². The summed E-state index contributed by atoms with van der Waals surface area (Å²) in [5.74, 6) is -4.55. The molecule has 2 N–H and O–H groups in total. The molecule has 1 fully saturated rings. The van der Waals surface area contributed by atoms with Crippen LogP contribution < -0.4 is 10.1 Å². The van der Waals surface area contributed by atoms with Crippen molar-refractivity contribution < 1.29 is 43.2 Å². The molecule has 1 aromatic heterocycles. The number of rotatable bonds is 8. The number of ether oxygens (including phenoxy) is 4. The topological polar surface area (TPSA) is 150 Å². The number of pyridine rings is 1. The van der Waals surface area contributed by atoms with Crippen molar-refractivity contribution in [3.63, 3.8) is 0 Å². The molecule has 0 saturated carbocycles. The Bertz CT molecular complexity index is 1150. The van der Waals surface area contributed by atoms with Crippen molar-refractivity contribution in [1.29, 1.82) is 0 Å². The van der Waals surface area contributed by atoms with E-state index >= 15 is 0 Å². The Kier molecular flexibility index (Phi) is 9.64. The normalized spacial score (nSPS) is 21.8. The van der Waals surface area contributed by atoms with Crippen molar-refractivity contribution in [3.8, 4) is 11.5 Å². The lowest BCUT2D eigenvalue weighted by Crippen LogP contribution is -2.46. The van der Waals surface area contributed by atoms with Gasteiger partial charge < -0.3 is 29.4 Å². The van der Waals surface area contributed by atoms with Crippen LogP contribution in [0.5, 0.6) is 11.5 Å². The van der Waals surface area contributed by atoms with Crippen molar-refractivity contribution in [2.24, 2.45) is 11.8 Å². The van der Waals surface area contributed by atoms with Crippen molar-refractivity contribution in [1.82, 2.24) is 10.3 Å². The van der Waals surface area contributed by atoms with Crippen LogP contribution in [-0.2, 0) is 35.0 Å². The van der Waals surface area contributed by atoms with Crippen LogP contribution >= 0.6 is 0 Å². The Morgan fingerprint density at radius 3 is 2.53 bits per heavy atom. The van der Waals surface area contributed by atoms with Gasteiger partial charge in [0.05, 0.1) is 7.11 Å². The van der Waals surface area contributed by atoms with E-state index < -0.39 is 60.3 Å². The fourth-order valence-electron chi connectivity index (χ4n) is 4.01. The zero-order valence-electron chi connectivity index (χ0n) is 21.7. The lowest BCUT2D eigenvalue weighted by molar-refractivity contribution is -0.174. The number of methoxy groups -OCH3 is 1. The zero-order chi connectivity index (χ0) is 27.8. The molecule has 0 unspecified atom stereocenters. The molecule has 38 heavy (non-hydrogen) atoms. The molecule has 11 nitrogen and oxygen atoms in total. The Morgan fingerprint density at radius 1 is 1.16 bits per heavy atom. The molecule has 3 rings (SSSR count). The lowest BCUT2D eigenvalue weighted by Gasteiger charge is -2.29. The maximum absolute atomic E-state index is 13.3. The monoisotopic (exact) mass is 528 g/mol. The largest absolute Gasteiger partial charge is 0.503 e. The highest BCUT2D eigenvalue weighted by atomic mass is 16.6. The van der Waals surface area contributed by atoms with Crippen LogP contribution in [0.2, 0.25) is 0 Å². The van der Waals surface area contributed by atoms with Gasteiger partial charge in [0, 0.05) is 18.7 Å². The van der Waals surface area contributed by atoms with Gasteiger partial charge in [0.2, 0.25) is 0 Å². The summed E-state index contributed by atoms with van der Waals surface area (Å²) in [6.07, 6.45) is -0.640. The van der Waals surface area contributed by atoms with E-state index in [-0.39, 0.29) is 30.2 Å². The van der Waals surface area contributed by atoms with E-state index in [4.69, 9.17) is 18.9 Å². The van der Waals surface area contributed by atoms with E-state index in [9.17, 15) is 24.3 Å². The van der Waals surface area contributed by atoms with Crippen molar-refractivity contribution in [3.05, 3.63) is 53.9 Å². The predicted octanol–water partition coefficient (Wildman–Crippen LogP) is 2.20. The third-order valence-electron chi connectivity index (χ3n) is 5.91. The molecule has 1 aromatic carbocycles. The second kappa shape index (κ2) is 12.9. The maximum Gasteiger partial charge on any atom is 0.332 e. The van der Waals surface area contributed by atoms with E-state index in [1.165, 1.54) is 26.3 Å². The van der Waals surface area contributed by atoms with Gasteiger partial charge in [-0.3, -0.25) is 14.4 Å². The summed E-state index contributed by atoms with van der Waals surface area (Å²) in [6, 6.07) is 9.04. The number of carbonyl (C=O) groups is 4. The highest BCUT2D eigenvalue weighted by Gasteiger charge is 2.42. The quantitative estimate of drug-likeness (QED) is 0.385. The molecular formula is C27H32N2O9. The van der Waals surface area contributed by atoms with Crippen LogP contribution in [0.25, 0.3) is 0 Å². The molecule has 204 valence electrons. The third-order valence-corrected chi connectivity index (χ3v) is 5.91. The van der Waals surface area contributed by atoms with Crippen LogP contribution in [-0.4, -0.2) is 65.9 Å². The van der Waals surface area contributed by atoms with Crippen LogP contribution in [0.4, 0.5) is 0 Å². The molecule has 1 amide bonds. The number of aromatic nitrogens is 1. The number of benzene rings is 1. The molecule has 0 spiro atoms. The van der Waals surface area contributed by atoms with Gasteiger partial charge in [-0.2, -0.15) is 0 Å². The predicted molar refractivity (Wildman–Crippen MR) is 133 cm³/mol. The molecule has 1 saturated heterocycles. The second-order valence-electron chi connectivity index (χ2n) is 9.36. The van der Waals surface area contributed by atoms with Gasteiger partial charge in [-0.05, 0) is 24.8 Å². The van der Waals surface area contributed by atoms with Crippen LogP contribution in [0.15, 0.2) is 42.6 Å². The zero-order valence-corrected chi connectivity index (χ0v) is 21.7. The summed E-state index contributed by atoms with van der Waals surface area (Å²) < 4.78 is 21.6. The van der Waals surface area contributed by atoms with Crippen LogP contribution in [0.3, 0.4) is 0 Å². The van der Waals surface area contributed by atoms with Crippen molar-refractivity contribution in [2.45, 2.75) is 51.9 Å². The van der Waals surface area contributed by atoms with Gasteiger partial charge in [-0.15, -0.1) is 0 Å². The number of nitrogens with zero attached hydrogens (tertiary/aromatic N) is 1. The van der Waals surface area contributed by atoms with E-state index in [0.717, 1.165) is 5.56 Å². The molecule has 2 heterocycles. The average molecular weight is 529 g/mol. The molecule has 0 aliphatic carbocycles. The Labute approximate surface area is 220 Å². The summed E-state index contributed by atoms with van der Waals surface area (Å²) in [7, 11) is 1.31. The van der Waals surface area contributed by atoms with E-state index in [0.29, 0.717) is 0 Å². The Balaban J connectivity index is 1.86. The van der Waals surface area contributed by atoms with E-state index in [1.807, 2.05) is 44.2 Å². The standard InChI is InChI=1S/C27H32N2O9/c1-15(2)12-21(30)38-24-16(3)37-27(34)19(29-25(32)22-23(31)20(35-4)10-11-28-22)14-36-26(33)18(24)13-17-8-6-5-7-9-17/h5-11,15-16,18-19,24,31H,12-14H2,1-4H3,(H,29,32)/t16-,18+,19-,24-/m0/s1. The third kappa shape index (κ3) is 7.21. The molecule has 0 radical (unpaired) electrons. The molecule has 1 aliphatic heterocycles. The van der Waals surface area contributed by atoms with Crippen molar-refractivity contribution >= 4 is 23.8 Å². The minimum atomic E-state index is -1.41. The second-order valence-corrected chi connectivity index (χ2v) is 9.36. The smallest absolute Gasteiger partial charge is 0.332 e. The lowest BCUT2D eigenvalue weighted by atomic mass is 9.91. The highest BCUT2D eigenvalue weighted by molar-refractivity contribution is 5.98. The molecular weight excluding hydrogens is 496 g/mol. The van der Waals surface area contributed by atoms with Crippen LogP contribution in [0.1, 0.15) is 43.2 Å². The number of hydrogen-bond donors (Lipinski definition) is 2. The summed E-state index contributed by atoms with van der Waals surface area (Å²) in [5.41, 5.74) is 0.403. The Morgan fingerprint density at radius 2 is 1.87 bits per heavy atom. The summed E-state index contributed by atoms with van der Waals surface area (Å²) in [5, 5.41) is 12.6. The van der Waals surface area contributed by atoms with Gasteiger partial charge in [0.1, 0.15) is 18.6 Å². The van der Waals surface area contributed by atoms with Crippen LogP contribution in [0, 0.1) is 11.8 Å². The number of nitrogens with one attached hydrogen (secondary N) is 1. The first-order valence-electron chi connectivity index (χ1n) is 12.2. The first kappa shape index (κ1) is 28.4. The SMILES string of the molecule is COc1ccnc(C(=O)N[C@H]2COC(=O)[C@H](Cc3ccccc3)[C@@H](OC(=O)CC(C)C)[C@H](C)OC2=O)c1O. The molecule has 2 aromatic rings. The van der Waals surface area contributed by atoms with Gasteiger partial charge in [-0.25, -0.2) is 9.78 Å². The number of hydrogen-bond acceptors (Lipinski definition) is 10. The number of esters is 3.